The maximum absolute atomic E-state index is 13.4. The summed E-state index contributed by atoms with van der Waals surface area (Å²) in [6.45, 7) is 3.42. The van der Waals surface area contributed by atoms with E-state index in [2.05, 4.69) is 21.1 Å². The van der Waals surface area contributed by atoms with E-state index in [0.29, 0.717) is 11.0 Å². The first-order valence-corrected chi connectivity index (χ1v) is 10.4. The highest BCUT2D eigenvalue weighted by Crippen LogP contribution is 2.31. The second-order valence-corrected chi connectivity index (χ2v) is 8.76. The maximum atomic E-state index is 13.4. The van der Waals surface area contributed by atoms with E-state index in [1.165, 1.54) is 22.4 Å². The zero-order chi connectivity index (χ0) is 19.9. The number of para-hydroxylation sites is 1. The quantitative estimate of drug-likeness (QED) is 0.677. The highest BCUT2D eigenvalue weighted by atomic mass is 32.2. The van der Waals surface area contributed by atoms with Crippen LogP contribution in [0.5, 0.6) is 0 Å². The summed E-state index contributed by atoms with van der Waals surface area (Å²) < 4.78 is 53.3. The minimum absolute atomic E-state index is 0.215. The van der Waals surface area contributed by atoms with Crippen LogP contribution in [0, 0.1) is 0 Å². The van der Waals surface area contributed by atoms with Crippen LogP contribution in [0.1, 0.15) is 5.56 Å². The Labute approximate surface area is 160 Å². The number of alkyl halides is 3. The first-order chi connectivity index (χ1) is 13.3. The van der Waals surface area contributed by atoms with Crippen LogP contribution < -0.4 is 10.2 Å². The number of halogens is 3. The molecule has 148 valence electrons. The van der Waals surface area contributed by atoms with Gasteiger partial charge in [0.1, 0.15) is 11.8 Å². The van der Waals surface area contributed by atoms with Gasteiger partial charge >= 0.3 is 6.18 Å². The van der Waals surface area contributed by atoms with Crippen molar-refractivity contribution < 1.29 is 17.4 Å². The van der Waals surface area contributed by atoms with Gasteiger partial charge in [0.2, 0.25) is 0 Å². The molecule has 1 fully saturated rings. The monoisotopic (exact) mass is 408 g/mol. The zero-order valence-electron chi connectivity index (χ0n) is 14.9. The molecule has 1 saturated heterocycles. The van der Waals surface area contributed by atoms with Crippen molar-refractivity contribution in [3.8, 4) is 0 Å². The lowest BCUT2D eigenvalue weighted by molar-refractivity contribution is -0.137. The number of rotatable bonds is 3. The fourth-order valence-electron chi connectivity index (χ4n) is 3.37. The minimum atomic E-state index is -4.44. The normalized spacial score (nSPS) is 17.6. The van der Waals surface area contributed by atoms with E-state index in [1.807, 2.05) is 12.1 Å². The summed E-state index contributed by atoms with van der Waals surface area (Å²) in [5.74, 6) is 3.81. The molecule has 28 heavy (non-hydrogen) atoms. The first kappa shape index (κ1) is 18.8. The van der Waals surface area contributed by atoms with E-state index in [-0.39, 0.29) is 4.90 Å². The molecule has 0 bridgehead atoms. The maximum Gasteiger partial charge on any atom is 0.416 e. The highest BCUT2D eigenvalue weighted by Gasteiger charge is 2.30. The number of nitrogens with one attached hydrogen (secondary N) is 1. The van der Waals surface area contributed by atoms with Crippen molar-refractivity contribution in [3.63, 3.8) is 0 Å². The predicted molar refractivity (Wildman–Crippen MR) is 105 cm³/mol. The lowest BCUT2D eigenvalue weighted by Gasteiger charge is -2.29. The molecule has 0 aliphatic carbocycles. The number of imidazole rings is 1. The molecular weight excluding hydrogens is 389 g/mol. The third-order valence-electron chi connectivity index (χ3n) is 4.85. The number of aromatic nitrogens is 2. The summed E-state index contributed by atoms with van der Waals surface area (Å²) in [5, 5.41) is 3.30. The summed E-state index contributed by atoms with van der Waals surface area (Å²) in [5.41, 5.74) is 1.49. The number of fused-ring (bicyclic) bond motifs is 1. The molecule has 1 N–H and O–H groups in total. The molecule has 5 nitrogen and oxygen atoms in total. The SMILES string of the molecule is C=S(=O)(c1ccc(C(F)(F)F)cc1)n1cnc2c(N3CCNCC3)cccc21. The van der Waals surface area contributed by atoms with Gasteiger partial charge in [0.05, 0.1) is 31.4 Å². The fraction of sp³-hybridized carbons (Fsp3) is 0.263. The number of hydrogen-bond acceptors (Lipinski definition) is 4. The third kappa shape index (κ3) is 3.24. The molecule has 1 aliphatic heterocycles. The molecule has 1 aromatic heterocycles. The van der Waals surface area contributed by atoms with Gasteiger partial charge < -0.3 is 10.2 Å². The summed E-state index contributed by atoms with van der Waals surface area (Å²) >= 11 is 0. The summed E-state index contributed by atoms with van der Waals surface area (Å²) in [6.07, 6.45) is -3.00. The van der Waals surface area contributed by atoms with E-state index >= 15 is 0 Å². The number of hydrogen-bond donors (Lipinski definition) is 1. The van der Waals surface area contributed by atoms with Crippen molar-refractivity contribution in [2.45, 2.75) is 11.1 Å². The van der Waals surface area contributed by atoms with E-state index in [0.717, 1.165) is 44.0 Å². The smallest absolute Gasteiger partial charge is 0.367 e. The Morgan fingerprint density at radius 1 is 1.07 bits per heavy atom. The van der Waals surface area contributed by atoms with Crippen molar-refractivity contribution in [2.24, 2.45) is 0 Å². The second kappa shape index (κ2) is 6.82. The van der Waals surface area contributed by atoms with Crippen LogP contribution >= 0.6 is 0 Å². The van der Waals surface area contributed by atoms with E-state index < -0.39 is 21.4 Å². The van der Waals surface area contributed by atoms with Crippen molar-refractivity contribution in [1.82, 2.24) is 14.3 Å². The van der Waals surface area contributed by atoms with Gasteiger partial charge in [-0.1, -0.05) is 6.07 Å². The van der Waals surface area contributed by atoms with Gasteiger partial charge in [-0.25, -0.2) is 9.19 Å². The molecule has 2 heterocycles. The molecule has 1 unspecified atom stereocenters. The molecule has 0 amide bonds. The average molecular weight is 408 g/mol. The van der Waals surface area contributed by atoms with Gasteiger partial charge in [0.25, 0.3) is 0 Å². The summed E-state index contributed by atoms with van der Waals surface area (Å²) in [7, 11) is -3.08. The molecule has 4 rings (SSSR count). The van der Waals surface area contributed by atoms with E-state index in [1.54, 1.807) is 6.07 Å². The lowest BCUT2D eigenvalue weighted by Crippen LogP contribution is -2.43. The Balaban J connectivity index is 1.76. The van der Waals surface area contributed by atoms with Crippen LogP contribution in [0.4, 0.5) is 18.9 Å². The van der Waals surface area contributed by atoms with Crippen molar-refractivity contribution in [3.05, 3.63) is 54.4 Å². The van der Waals surface area contributed by atoms with E-state index in [4.69, 9.17) is 0 Å². The molecule has 0 saturated carbocycles. The topological polar surface area (TPSA) is 50.2 Å². The lowest BCUT2D eigenvalue weighted by atomic mass is 10.2. The Morgan fingerprint density at radius 2 is 1.75 bits per heavy atom. The first-order valence-electron chi connectivity index (χ1n) is 8.75. The van der Waals surface area contributed by atoms with Crippen LogP contribution in [-0.2, 0) is 15.9 Å². The van der Waals surface area contributed by atoms with Crippen LogP contribution in [-0.4, -0.2) is 45.2 Å². The van der Waals surface area contributed by atoms with Crippen LogP contribution in [0.15, 0.2) is 53.7 Å². The second-order valence-electron chi connectivity index (χ2n) is 6.61. The number of nitrogens with zero attached hydrogens (tertiary/aromatic N) is 3. The molecule has 0 spiro atoms. The molecular formula is C19H19F3N4OS. The highest BCUT2D eigenvalue weighted by molar-refractivity contribution is 7.99. The molecule has 1 aliphatic rings. The standard InChI is InChI=1S/C19H19F3N4OS/c1-28(27,15-7-5-14(6-8-15)19(20,21)22)26-13-24-18-16(3-2-4-17(18)26)25-11-9-23-10-12-25/h2-8,13,23H,1,9-12H2. The average Bonchev–Trinajstić information content (AvgIpc) is 3.13. The zero-order valence-corrected chi connectivity index (χ0v) is 15.8. The van der Waals surface area contributed by atoms with E-state index in [9.17, 15) is 17.4 Å². The van der Waals surface area contributed by atoms with Gasteiger partial charge in [0, 0.05) is 26.2 Å². The third-order valence-corrected chi connectivity index (χ3v) is 6.78. The Kier molecular flexibility index (Phi) is 4.59. The van der Waals surface area contributed by atoms with Crippen molar-refractivity contribution in [1.29, 1.82) is 0 Å². The number of piperazine rings is 1. The van der Waals surface area contributed by atoms with Crippen LogP contribution in [0.2, 0.25) is 0 Å². The van der Waals surface area contributed by atoms with Gasteiger partial charge in [-0.3, -0.25) is 3.97 Å². The Morgan fingerprint density at radius 3 is 2.39 bits per heavy atom. The van der Waals surface area contributed by atoms with Crippen molar-refractivity contribution in [2.75, 3.05) is 31.1 Å². The molecule has 1 atom stereocenters. The van der Waals surface area contributed by atoms with Gasteiger partial charge in [0.15, 0.2) is 0 Å². The summed E-state index contributed by atoms with van der Waals surface area (Å²) in [6, 6.07) is 9.89. The largest absolute Gasteiger partial charge is 0.416 e. The summed E-state index contributed by atoms with van der Waals surface area (Å²) in [4.78, 5) is 6.87. The van der Waals surface area contributed by atoms with Crippen LogP contribution in [0.25, 0.3) is 11.0 Å². The minimum Gasteiger partial charge on any atom is -0.367 e. The Bertz CT molecular complexity index is 1100. The fourth-order valence-corrected chi connectivity index (χ4v) is 4.82. The Hall–Kier alpha value is -2.52. The van der Waals surface area contributed by atoms with Gasteiger partial charge in [-0.2, -0.15) is 13.2 Å². The molecule has 0 radical (unpaired) electrons. The molecule has 9 heteroatoms. The number of benzene rings is 2. The van der Waals surface area contributed by atoms with Crippen molar-refractivity contribution >= 4 is 32.3 Å². The van der Waals surface area contributed by atoms with Gasteiger partial charge in [-0.05, 0) is 42.3 Å². The van der Waals surface area contributed by atoms with Crippen LogP contribution in [0.3, 0.4) is 0 Å². The van der Waals surface area contributed by atoms with Gasteiger partial charge in [-0.15, -0.1) is 0 Å². The number of anilines is 1. The molecule has 3 aromatic rings. The predicted octanol–water partition coefficient (Wildman–Crippen LogP) is 3.00. The molecule has 2 aromatic carbocycles.